The van der Waals surface area contributed by atoms with Crippen molar-refractivity contribution in [3.63, 3.8) is 0 Å². The van der Waals surface area contributed by atoms with Crippen LogP contribution in [0.4, 0.5) is 0 Å². The first-order valence-corrected chi connectivity index (χ1v) is 3.60. The fraction of sp³-hybridized carbons (Fsp3) is 0. The van der Waals surface area contributed by atoms with Gasteiger partial charge in [-0.25, -0.2) is 4.79 Å². The van der Waals surface area contributed by atoms with Crippen LogP contribution >= 0.6 is 0 Å². The van der Waals surface area contributed by atoms with E-state index in [-0.39, 0.29) is 0 Å². The molecule has 0 fully saturated rings. The number of carbonyl (C=O) groups is 1. The summed E-state index contributed by atoms with van der Waals surface area (Å²) >= 11 is 0. The highest BCUT2D eigenvalue weighted by Crippen LogP contribution is 1.73. The van der Waals surface area contributed by atoms with Crippen LogP contribution in [0.15, 0.2) is 12.7 Å². The van der Waals surface area contributed by atoms with Gasteiger partial charge in [0.05, 0.1) is 0 Å². The summed E-state index contributed by atoms with van der Waals surface area (Å²) in [5.41, 5.74) is 0. The van der Waals surface area contributed by atoms with Gasteiger partial charge < -0.3 is 4.74 Å². The first-order valence-electron chi connectivity index (χ1n) is 3.60. The van der Waals surface area contributed by atoms with E-state index >= 15 is 0 Å². The fourth-order valence-electron chi connectivity index (χ4n) is 0.335. The van der Waals surface area contributed by atoms with Crippen LogP contribution in [-0.4, -0.2) is 5.97 Å². The van der Waals surface area contributed by atoms with Crippen LogP contribution in [0.25, 0.3) is 0 Å². The number of terminal acetylenes is 1. The summed E-state index contributed by atoms with van der Waals surface area (Å²) in [6.07, 6.45) is 7.90. The van der Waals surface area contributed by atoms with Gasteiger partial charge in [-0.3, -0.25) is 0 Å². The summed E-state index contributed by atoms with van der Waals surface area (Å²) in [5.74, 6) is 17.8. The second kappa shape index (κ2) is 9.10. The van der Waals surface area contributed by atoms with Crippen molar-refractivity contribution >= 4 is 5.97 Å². The monoisotopic (exact) mass is 192 g/mol. The Morgan fingerprint density at radius 3 is 2.13 bits per heavy atom. The number of esters is 1. The highest BCUT2D eigenvalue weighted by atomic mass is 16.5. The highest BCUT2D eigenvalue weighted by Gasteiger charge is 1.86. The van der Waals surface area contributed by atoms with E-state index < -0.39 is 5.97 Å². The summed E-state index contributed by atoms with van der Waals surface area (Å²) in [7, 11) is 0. The SMILES string of the molecule is C#CC#CC#CC#CC#COC(=O)C=C. The molecular formula is C13H4O2. The molecule has 0 atom stereocenters. The molecule has 0 rings (SSSR count). The average molecular weight is 192 g/mol. The van der Waals surface area contributed by atoms with E-state index in [2.05, 4.69) is 64.8 Å². The zero-order chi connectivity index (χ0) is 11.4. The maximum Gasteiger partial charge on any atom is 0.344 e. The van der Waals surface area contributed by atoms with Crippen LogP contribution in [0.3, 0.4) is 0 Å². The molecule has 0 heterocycles. The third-order valence-corrected chi connectivity index (χ3v) is 0.816. The van der Waals surface area contributed by atoms with Crippen LogP contribution in [0, 0.1) is 59.9 Å². The molecule has 0 radical (unpaired) electrons. The molecule has 0 aliphatic carbocycles. The fourth-order valence-corrected chi connectivity index (χ4v) is 0.335. The summed E-state index contributed by atoms with van der Waals surface area (Å²) in [4.78, 5) is 10.5. The molecule has 0 amide bonds. The third-order valence-electron chi connectivity index (χ3n) is 0.816. The molecule has 0 aliphatic heterocycles. The van der Waals surface area contributed by atoms with Crippen molar-refractivity contribution < 1.29 is 9.53 Å². The van der Waals surface area contributed by atoms with Gasteiger partial charge >= 0.3 is 5.97 Å². The molecule has 0 spiro atoms. The van der Waals surface area contributed by atoms with Crippen LogP contribution in [0.2, 0.25) is 0 Å². The summed E-state index contributed by atoms with van der Waals surface area (Å²) < 4.78 is 4.31. The van der Waals surface area contributed by atoms with Gasteiger partial charge in [0, 0.05) is 29.8 Å². The molecule has 0 saturated carbocycles. The van der Waals surface area contributed by atoms with Crippen molar-refractivity contribution in [1.29, 1.82) is 0 Å². The minimum atomic E-state index is -0.629. The van der Waals surface area contributed by atoms with E-state index in [1.54, 1.807) is 0 Å². The van der Waals surface area contributed by atoms with Gasteiger partial charge in [-0.15, -0.1) is 6.42 Å². The second-order valence-electron chi connectivity index (χ2n) is 1.75. The summed E-state index contributed by atoms with van der Waals surface area (Å²) in [6, 6.07) is 0. The first kappa shape index (κ1) is 12.0. The number of ether oxygens (including phenoxy) is 1. The van der Waals surface area contributed by atoms with Crippen molar-refractivity contribution in [2.24, 2.45) is 0 Å². The smallest absolute Gasteiger partial charge is 0.344 e. The Morgan fingerprint density at radius 2 is 1.60 bits per heavy atom. The zero-order valence-corrected chi connectivity index (χ0v) is 7.68. The van der Waals surface area contributed by atoms with Gasteiger partial charge in [0.2, 0.25) is 0 Å². The van der Waals surface area contributed by atoms with Gasteiger partial charge in [-0.05, 0) is 23.7 Å². The van der Waals surface area contributed by atoms with Gasteiger partial charge in [0.1, 0.15) is 6.11 Å². The van der Waals surface area contributed by atoms with Gasteiger partial charge in [-0.1, -0.05) is 6.58 Å². The van der Waals surface area contributed by atoms with Crippen molar-refractivity contribution in [1.82, 2.24) is 0 Å². The normalized spacial score (nSPS) is 5.00. The summed E-state index contributed by atoms with van der Waals surface area (Å²) in [6.45, 7) is 3.19. The van der Waals surface area contributed by atoms with Crippen LogP contribution in [0.5, 0.6) is 0 Å². The molecular weight excluding hydrogens is 188 g/mol. The van der Waals surface area contributed by atoms with Crippen molar-refractivity contribution in [3.8, 4) is 59.9 Å². The summed E-state index contributed by atoms with van der Waals surface area (Å²) in [5, 5.41) is 0. The molecule has 0 aliphatic rings. The number of hydrogen-bond acceptors (Lipinski definition) is 2. The van der Waals surface area contributed by atoms with Gasteiger partial charge in [0.25, 0.3) is 0 Å². The van der Waals surface area contributed by atoms with E-state index in [1.807, 2.05) is 0 Å². The van der Waals surface area contributed by atoms with E-state index in [0.717, 1.165) is 6.08 Å². The number of rotatable bonds is 1. The Kier molecular flexibility index (Phi) is 7.29. The van der Waals surface area contributed by atoms with Crippen LogP contribution in [-0.2, 0) is 9.53 Å². The minimum absolute atomic E-state index is 0.629. The molecule has 0 aromatic carbocycles. The van der Waals surface area contributed by atoms with Crippen LogP contribution < -0.4 is 0 Å². The van der Waals surface area contributed by atoms with Crippen molar-refractivity contribution in [3.05, 3.63) is 12.7 Å². The Balaban J connectivity index is 4.09. The zero-order valence-electron chi connectivity index (χ0n) is 7.68. The van der Waals surface area contributed by atoms with E-state index in [0.29, 0.717) is 0 Å². The molecule has 0 saturated heterocycles. The Hall–Kier alpha value is -2.99. The Morgan fingerprint density at radius 1 is 1.07 bits per heavy atom. The molecule has 0 bridgehead atoms. The minimum Gasteiger partial charge on any atom is -0.368 e. The van der Waals surface area contributed by atoms with Crippen LogP contribution in [0.1, 0.15) is 0 Å². The maximum absolute atomic E-state index is 10.5. The molecule has 0 aromatic heterocycles. The Labute approximate surface area is 88.7 Å². The predicted octanol–water partition coefficient (Wildman–Crippen LogP) is 0.320. The largest absolute Gasteiger partial charge is 0.368 e. The average Bonchev–Trinajstić information content (AvgIpc) is 2.26. The molecule has 68 valence electrons. The number of carbonyl (C=O) groups excluding carboxylic acids is 1. The predicted molar refractivity (Wildman–Crippen MR) is 56.2 cm³/mol. The topological polar surface area (TPSA) is 26.3 Å². The van der Waals surface area contributed by atoms with E-state index in [4.69, 9.17) is 6.42 Å². The lowest BCUT2D eigenvalue weighted by atomic mass is 10.5. The lowest BCUT2D eigenvalue weighted by molar-refractivity contribution is -0.131. The first-order chi connectivity index (χ1) is 7.31. The lowest BCUT2D eigenvalue weighted by Gasteiger charge is -1.81. The Bertz CT molecular complexity index is 529. The second-order valence-corrected chi connectivity index (χ2v) is 1.75. The molecule has 2 nitrogen and oxygen atoms in total. The quantitative estimate of drug-likeness (QED) is 0.340. The molecule has 2 heteroatoms. The van der Waals surface area contributed by atoms with Crippen molar-refractivity contribution in [2.45, 2.75) is 0 Å². The molecule has 15 heavy (non-hydrogen) atoms. The third kappa shape index (κ3) is 8.92. The maximum atomic E-state index is 10.5. The van der Waals surface area contributed by atoms with Gasteiger partial charge in [0.15, 0.2) is 0 Å². The molecule has 0 unspecified atom stereocenters. The molecule has 0 aromatic rings. The van der Waals surface area contributed by atoms with E-state index in [1.165, 1.54) is 0 Å². The standard InChI is InChI=1S/C13H4O2/c1-3-5-6-7-8-9-10-11-12-15-13(14)4-2/h1,4H,2H2. The van der Waals surface area contributed by atoms with Gasteiger partial charge in [-0.2, -0.15) is 0 Å². The van der Waals surface area contributed by atoms with Crippen molar-refractivity contribution in [2.75, 3.05) is 0 Å². The van der Waals surface area contributed by atoms with E-state index in [9.17, 15) is 4.79 Å². The lowest BCUT2D eigenvalue weighted by Crippen LogP contribution is -1.91. The highest BCUT2D eigenvalue weighted by molar-refractivity contribution is 5.82. The number of hydrogen-bond donors (Lipinski definition) is 0. The molecule has 0 N–H and O–H groups in total.